The van der Waals surface area contributed by atoms with Crippen LogP contribution in [-0.2, 0) is 6.18 Å². The van der Waals surface area contributed by atoms with E-state index in [9.17, 15) is 13.2 Å². The van der Waals surface area contributed by atoms with Gasteiger partial charge in [-0.3, -0.25) is 5.43 Å². The molecule has 20 heavy (non-hydrogen) atoms. The number of aromatic nitrogens is 2. The SMILES string of the molecule is NNc1nc(NCCC2CCCC2)cc(C(F)(F)F)n1. The summed E-state index contributed by atoms with van der Waals surface area (Å²) in [5.74, 6) is 5.64. The first-order valence-electron chi connectivity index (χ1n) is 6.66. The Hall–Kier alpha value is -1.57. The molecule has 1 saturated carbocycles. The summed E-state index contributed by atoms with van der Waals surface area (Å²) in [5.41, 5.74) is 1.04. The molecule has 5 nitrogen and oxygen atoms in total. The topological polar surface area (TPSA) is 75.9 Å². The zero-order valence-electron chi connectivity index (χ0n) is 11.0. The highest BCUT2D eigenvalue weighted by Crippen LogP contribution is 2.30. The number of alkyl halides is 3. The summed E-state index contributed by atoms with van der Waals surface area (Å²) in [4.78, 5) is 7.17. The van der Waals surface area contributed by atoms with E-state index in [1.807, 2.05) is 5.43 Å². The molecule has 4 N–H and O–H groups in total. The van der Waals surface area contributed by atoms with Crippen LogP contribution in [0.4, 0.5) is 24.9 Å². The van der Waals surface area contributed by atoms with Gasteiger partial charge in [0.25, 0.3) is 0 Å². The zero-order chi connectivity index (χ0) is 14.6. The summed E-state index contributed by atoms with van der Waals surface area (Å²) < 4.78 is 38.0. The number of nitrogen functional groups attached to an aromatic ring is 1. The van der Waals surface area contributed by atoms with Gasteiger partial charge in [-0.1, -0.05) is 25.7 Å². The lowest BCUT2D eigenvalue weighted by atomic mass is 10.0. The van der Waals surface area contributed by atoms with Gasteiger partial charge in [-0.05, 0) is 12.3 Å². The third-order valence-corrected chi connectivity index (χ3v) is 3.48. The Balaban J connectivity index is 1.98. The van der Waals surface area contributed by atoms with Crippen molar-refractivity contribution in [3.63, 3.8) is 0 Å². The normalized spacial score (nSPS) is 16.4. The van der Waals surface area contributed by atoms with Gasteiger partial charge in [0, 0.05) is 12.6 Å². The van der Waals surface area contributed by atoms with Crippen molar-refractivity contribution in [3.05, 3.63) is 11.8 Å². The lowest BCUT2D eigenvalue weighted by Crippen LogP contribution is -2.17. The second-order valence-electron chi connectivity index (χ2n) is 4.97. The van der Waals surface area contributed by atoms with Crippen LogP contribution in [0.1, 0.15) is 37.8 Å². The second-order valence-corrected chi connectivity index (χ2v) is 4.97. The molecule has 1 aliphatic rings. The van der Waals surface area contributed by atoms with Gasteiger partial charge in [-0.15, -0.1) is 0 Å². The fourth-order valence-corrected chi connectivity index (χ4v) is 2.45. The largest absolute Gasteiger partial charge is 0.433 e. The van der Waals surface area contributed by atoms with E-state index < -0.39 is 11.9 Å². The molecule has 0 bridgehead atoms. The van der Waals surface area contributed by atoms with E-state index in [4.69, 9.17) is 5.84 Å². The molecule has 0 aromatic carbocycles. The molecule has 112 valence electrons. The number of nitrogens with two attached hydrogens (primary N) is 1. The second kappa shape index (κ2) is 6.25. The predicted molar refractivity (Wildman–Crippen MR) is 69.9 cm³/mol. The molecule has 1 fully saturated rings. The van der Waals surface area contributed by atoms with Gasteiger partial charge in [0.2, 0.25) is 5.95 Å². The van der Waals surface area contributed by atoms with Gasteiger partial charge in [0.15, 0.2) is 5.69 Å². The quantitative estimate of drug-likeness (QED) is 0.574. The molecule has 0 radical (unpaired) electrons. The first-order chi connectivity index (χ1) is 9.49. The smallest absolute Gasteiger partial charge is 0.370 e. The molecule has 1 aromatic rings. The van der Waals surface area contributed by atoms with Crippen molar-refractivity contribution < 1.29 is 13.2 Å². The molecule has 0 amide bonds. The van der Waals surface area contributed by atoms with Crippen molar-refractivity contribution in [1.29, 1.82) is 0 Å². The molecule has 1 heterocycles. The van der Waals surface area contributed by atoms with Gasteiger partial charge in [-0.2, -0.15) is 18.2 Å². The molecule has 0 saturated heterocycles. The minimum atomic E-state index is -4.52. The van der Waals surface area contributed by atoms with Crippen molar-refractivity contribution in [1.82, 2.24) is 9.97 Å². The molecule has 8 heteroatoms. The van der Waals surface area contributed by atoms with Crippen molar-refractivity contribution in [3.8, 4) is 0 Å². The van der Waals surface area contributed by atoms with E-state index in [1.165, 1.54) is 25.7 Å². The van der Waals surface area contributed by atoms with Crippen LogP contribution in [0.5, 0.6) is 0 Å². The number of hydrogen-bond donors (Lipinski definition) is 3. The van der Waals surface area contributed by atoms with Crippen LogP contribution in [0.25, 0.3) is 0 Å². The molecular weight excluding hydrogens is 271 g/mol. The highest BCUT2D eigenvalue weighted by Gasteiger charge is 2.33. The third-order valence-electron chi connectivity index (χ3n) is 3.48. The Morgan fingerprint density at radius 3 is 2.55 bits per heavy atom. The van der Waals surface area contributed by atoms with Gasteiger partial charge < -0.3 is 5.32 Å². The van der Waals surface area contributed by atoms with E-state index in [-0.39, 0.29) is 11.8 Å². The highest BCUT2D eigenvalue weighted by atomic mass is 19.4. The van der Waals surface area contributed by atoms with Crippen LogP contribution in [-0.4, -0.2) is 16.5 Å². The van der Waals surface area contributed by atoms with E-state index in [0.717, 1.165) is 12.5 Å². The predicted octanol–water partition coefficient (Wildman–Crippen LogP) is 2.77. The maximum atomic E-state index is 12.7. The molecule has 0 unspecified atom stereocenters. The lowest BCUT2D eigenvalue weighted by molar-refractivity contribution is -0.141. The molecule has 2 rings (SSSR count). The molecule has 0 aliphatic heterocycles. The number of rotatable bonds is 5. The Morgan fingerprint density at radius 2 is 1.95 bits per heavy atom. The van der Waals surface area contributed by atoms with Crippen molar-refractivity contribution in [2.45, 2.75) is 38.3 Å². The number of halogens is 3. The highest BCUT2D eigenvalue weighted by molar-refractivity contribution is 5.42. The van der Waals surface area contributed by atoms with Crippen LogP contribution in [0.15, 0.2) is 6.07 Å². The summed E-state index contributed by atoms with van der Waals surface area (Å²) in [6, 6.07) is 0.898. The van der Waals surface area contributed by atoms with E-state index in [1.54, 1.807) is 0 Å². The Morgan fingerprint density at radius 1 is 1.25 bits per heavy atom. The van der Waals surface area contributed by atoms with Crippen LogP contribution in [0.2, 0.25) is 0 Å². The Labute approximate surface area is 115 Å². The van der Waals surface area contributed by atoms with E-state index >= 15 is 0 Å². The third kappa shape index (κ3) is 3.96. The van der Waals surface area contributed by atoms with Crippen LogP contribution in [0.3, 0.4) is 0 Å². The standard InChI is InChI=1S/C12H18F3N5/c13-12(14,15)9-7-10(19-11(18-9)20-16)17-6-5-8-3-1-2-4-8/h7-8H,1-6,16H2,(H2,17,18,19,20). The fourth-order valence-electron chi connectivity index (χ4n) is 2.45. The van der Waals surface area contributed by atoms with Gasteiger partial charge in [-0.25, -0.2) is 10.8 Å². The van der Waals surface area contributed by atoms with Crippen molar-refractivity contribution in [2.75, 3.05) is 17.3 Å². The number of nitrogens with zero attached hydrogens (tertiary/aromatic N) is 2. The fraction of sp³-hybridized carbons (Fsp3) is 0.667. The van der Waals surface area contributed by atoms with Crippen molar-refractivity contribution in [2.24, 2.45) is 11.8 Å². The number of hydrogen-bond acceptors (Lipinski definition) is 5. The summed E-state index contributed by atoms with van der Waals surface area (Å²) in [6.07, 6.45) is 1.33. The molecule has 0 spiro atoms. The summed E-state index contributed by atoms with van der Waals surface area (Å²) in [5, 5.41) is 2.91. The van der Waals surface area contributed by atoms with Crippen LogP contribution < -0.4 is 16.6 Å². The van der Waals surface area contributed by atoms with Crippen molar-refractivity contribution >= 4 is 11.8 Å². The maximum Gasteiger partial charge on any atom is 0.433 e. The summed E-state index contributed by atoms with van der Waals surface area (Å²) >= 11 is 0. The molecule has 1 aliphatic carbocycles. The lowest BCUT2D eigenvalue weighted by Gasteiger charge is -2.13. The number of hydrazine groups is 1. The Bertz CT molecular complexity index is 443. The average molecular weight is 289 g/mol. The monoisotopic (exact) mass is 289 g/mol. The van der Waals surface area contributed by atoms with Gasteiger partial charge >= 0.3 is 6.18 Å². The van der Waals surface area contributed by atoms with Crippen LogP contribution in [0, 0.1) is 5.92 Å². The minimum absolute atomic E-state index is 0.137. The first-order valence-corrected chi connectivity index (χ1v) is 6.66. The zero-order valence-corrected chi connectivity index (χ0v) is 11.0. The summed E-state index contributed by atoms with van der Waals surface area (Å²) in [7, 11) is 0. The number of anilines is 2. The van der Waals surface area contributed by atoms with Gasteiger partial charge in [0.1, 0.15) is 5.82 Å². The molecule has 1 aromatic heterocycles. The van der Waals surface area contributed by atoms with E-state index in [2.05, 4.69) is 15.3 Å². The molecular formula is C12H18F3N5. The number of nitrogens with one attached hydrogen (secondary N) is 2. The summed E-state index contributed by atoms with van der Waals surface area (Å²) in [6.45, 7) is 0.600. The molecule has 0 atom stereocenters. The maximum absolute atomic E-state index is 12.7. The van der Waals surface area contributed by atoms with Crippen LogP contribution >= 0.6 is 0 Å². The van der Waals surface area contributed by atoms with Gasteiger partial charge in [0.05, 0.1) is 0 Å². The minimum Gasteiger partial charge on any atom is -0.370 e. The first kappa shape index (κ1) is 14.8. The average Bonchev–Trinajstić information content (AvgIpc) is 2.90. The van der Waals surface area contributed by atoms with E-state index in [0.29, 0.717) is 12.5 Å². The Kier molecular flexibility index (Phi) is 4.64.